The maximum atomic E-state index is 5.53. The van der Waals surface area contributed by atoms with Gasteiger partial charge in [0.2, 0.25) is 5.88 Å². The van der Waals surface area contributed by atoms with Crippen LogP contribution in [0.1, 0.15) is 5.56 Å². The molecule has 0 aliphatic carbocycles. The number of hydrogen-bond donors (Lipinski definition) is 1. The molecule has 2 N–H and O–H groups in total. The van der Waals surface area contributed by atoms with E-state index in [1.54, 1.807) is 24.1 Å². The van der Waals surface area contributed by atoms with Crippen molar-refractivity contribution in [2.24, 2.45) is 0 Å². The number of anilines is 1. The minimum absolute atomic E-state index is 0.451. The summed E-state index contributed by atoms with van der Waals surface area (Å²) in [6, 6.07) is 1.70. The summed E-state index contributed by atoms with van der Waals surface area (Å²) in [6.45, 7) is 1.87. The summed E-state index contributed by atoms with van der Waals surface area (Å²) in [5.41, 5.74) is 6.35. The van der Waals surface area contributed by atoms with Crippen molar-refractivity contribution < 1.29 is 4.74 Å². The average molecular weight is 205 g/mol. The van der Waals surface area contributed by atoms with Gasteiger partial charge in [0.1, 0.15) is 12.1 Å². The highest BCUT2D eigenvalue weighted by atomic mass is 16.5. The molecule has 15 heavy (non-hydrogen) atoms. The van der Waals surface area contributed by atoms with Crippen molar-refractivity contribution in [3.8, 4) is 11.7 Å². The molecule has 2 heterocycles. The fourth-order valence-corrected chi connectivity index (χ4v) is 1.32. The Morgan fingerprint density at radius 3 is 2.80 bits per heavy atom. The van der Waals surface area contributed by atoms with Gasteiger partial charge in [-0.2, -0.15) is 0 Å². The lowest BCUT2D eigenvalue weighted by Gasteiger charge is -2.07. The highest BCUT2D eigenvalue weighted by Gasteiger charge is 2.09. The third-order valence-electron chi connectivity index (χ3n) is 2.03. The van der Waals surface area contributed by atoms with E-state index in [2.05, 4.69) is 15.1 Å². The molecule has 2 rings (SSSR count). The Hall–Kier alpha value is -2.11. The summed E-state index contributed by atoms with van der Waals surface area (Å²) >= 11 is 0. The predicted molar refractivity (Wildman–Crippen MR) is 54.9 cm³/mol. The molecule has 2 aromatic heterocycles. The summed E-state index contributed by atoms with van der Waals surface area (Å²) in [4.78, 5) is 8.11. The van der Waals surface area contributed by atoms with Crippen LogP contribution in [0.2, 0.25) is 0 Å². The quantitative estimate of drug-likeness (QED) is 0.775. The summed E-state index contributed by atoms with van der Waals surface area (Å²) in [6.07, 6.45) is 3.17. The molecule has 0 unspecified atom stereocenters. The molecule has 0 saturated carbocycles. The number of ether oxygens (including phenoxy) is 1. The van der Waals surface area contributed by atoms with E-state index in [0.717, 1.165) is 5.56 Å². The molecule has 0 aliphatic rings. The molecular weight excluding hydrogens is 194 g/mol. The standard InChI is InChI=1S/C9H11N5O/c1-6-8(11-5-12-9(6)15-2)14-4-3-7(10)13-14/h3-5H,1-2H3,(H2,10,13). The van der Waals surface area contributed by atoms with Crippen LogP contribution in [0.5, 0.6) is 5.88 Å². The number of rotatable bonds is 2. The smallest absolute Gasteiger partial charge is 0.221 e. The van der Waals surface area contributed by atoms with E-state index in [9.17, 15) is 0 Å². The first kappa shape index (κ1) is 9.45. The molecule has 0 spiro atoms. The Morgan fingerprint density at radius 2 is 2.20 bits per heavy atom. The zero-order valence-corrected chi connectivity index (χ0v) is 8.51. The molecule has 0 fully saturated rings. The summed E-state index contributed by atoms with van der Waals surface area (Å²) in [7, 11) is 1.57. The van der Waals surface area contributed by atoms with Crippen LogP contribution in [0.4, 0.5) is 5.82 Å². The van der Waals surface area contributed by atoms with Gasteiger partial charge in [-0.15, -0.1) is 5.10 Å². The minimum atomic E-state index is 0.451. The molecule has 6 heteroatoms. The average Bonchev–Trinajstić information content (AvgIpc) is 2.65. The maximum absolute atomic E-state index is 5.53. The van der Waals surface area contributed by atoms with Gasteiger partial charge < -0.3 is 10.5 Å². The summed E-state index contributed by atoms with van der Waals surface area (Å²) in [5, 5.41) is 4.07. The largest absolute Gasteiger partial charge is 0.481 e. The molecule has 78 valence electrons. The second-order valence-electron chi connectivity index (χ2n) is 3.02. The SMILES string of the molecule is COc1ncnc(-n2ccc(N)n2)c1C. The second kappa shape index (κ2) is 3.56. The number of aromatic nitrogens is 4. The molecule has 0 saturated heterocycles. The molecule has 0 bridgehead atoms. The van der Waals surface area contributed by atoms with Crippen molar-refractivity contribution in [1.82, 2.24) is 19.7 Å². The van der Waals surface area contributed by atoms with E-state index < -0.39 is 0 Å². The monoisotopic (exact) mass is 205 g/mol. The van der Waals surface area contributed by atoms with Gasteiger partial charge in [0.05, 0.1) is 12.7 Å². The molecule has 0 radical (unpaired) electrons. The van der Waals surface area contributed by atoms with Gasteiger partial charge in [0, 0.05) is 12.3 Å². The van der Waals surface area contributed by atoms with Crippen molar-refractivity contribution in [3.05, 3.63) is 24.2 Å². The predicted octanol–water partition coefficient (Wildman–Crippen LogP) is 0.562. The molecule has 2 aromatic rings. The van der Waals surface area contributed by atoms with Gasteiger partial charge in [-0.05, 0) is 6.92 Å². The Bertz CT molecular complexity index is 479. The summed E-state index contributed by atoms with van der Waals surface area (Å²) in [5.74, 6) is 1.65. The van der Waals surface area contributed by atoms with Crippen molar-refractivity contribution in [2.75, 3.05) is 12.8 Å². The topological polar surface area (TPSA) is 78.9 Å². The first-order valence-electron chi connectivity index (χ1n) is 4.39. The van der Waals surface area contributed by atoms with Crippen molar-refractivity contribution >= 4 is 5.82 Å². The lowest BCUT2D eigenvalue weighted by Crippen LogP contribution is -2.04. The number of nitrogens with zero attached hydrogens (tertiary/aromatic N) is 4. The Balaban J connectivity index is 2.53. The molecule has 0 amide bonds. The zero-order chi connectivity index (χ0) is 10.8. The van der Waals surface area contributed by atoms with E-state index in [0.29, 0.717) is 17.5 Å². The molecule has 6 nitrogen and oxygen atoms in total. The first-order valence-corrected chi connectivity index (χ1v) is 4.39. The molecular formula is C9H11N5O. The van der Waals surface area contributed by atoms with Gasteiger partial charge in [-0.25, -0.2) is 14.6 Å². The van der Waals surface area contributed by atoms with Crippen LogP contribution < -0.4 is 10.5 Å². The van der Waals surface area contributed by atoms with Crippen LogP contribution >= 0.6 is 0 Å². The normalized spacial score (nSPS) is 10.3. The van der Waals surface area contributed by atoms with Gasteiger partial charge in [-0.3, -0.25) is 0 Å². The van der Waals surface area contributed by atoms with Crippen molar-refractivity contribution in [1.29, 1.82) is 0 Å². The third kappa shape index (κ3) is 1.61. The number of hydrogen-bond acceptors (Lipinski definition) is 5. The molecule has 0 atom stereocenters. The van der Waals surface area contributed by atoms with Crippen LogP contribution in [0, 0.1) is 6.92 Å². The third-order valence-corrected chi connectivity index (χ3v) is 2.03. The van der Waals surface area contributed by atoms with Crippen LogP contribution in [-0.2, 0) is 0 Å². The van der Waals surface area contributed by atoms with Gasteiger partial charge in [0.15, 0.2) is 5.82 Å². The second-order valence-corrected chi connectivity index (χ2v) is 3.02. The van der Waals surface area contributed by atoms with Crippen LogP contribution in [0.15, 0.2) is 18.6 Å². The fraction of sp³-hybridized carbons (Fsp3) is 0.222. The van der Waals surface area contributed by atoms with Crippen LogP contribution in [-0.4, -0.2) is 26.9 Å². The lowest BCUT2D eigenvalue weighted by atomic mass is 10.3. The Labute approximate surface area is 86.7 Å². The highest BCUT2D eigenvalue weighted by Crippen LogP contribution is 2.18. The van der Waals surface area contributed by atoms with Gasteiger partial charge in [-0.1, -0.05) is 0 Å². The number of nitrogen functional groups attached to an aromatic ring is 1. The van der Waals surface area contributed by atoms with E-state index in [1.807, 2.05) is 6.92 Å². The first-order chi connectivity index (χ1) is 7.22. The van der Waals surface area contributed by atoms with E-state index >= 15 is 0 Å². The fourth-order valence-electron chi connectivity index (χ4n) is 1.32. The molecule has 0 aromatic carbocycles. The van der Waals surface area contributed by atoms with Gasteiger partial charge >= 0.3 is 0 Å². The van der Waals surface area contributed by atoms with E-state index in [-0.39, 0.29) is 0 Å². The lowest BCUT2D eigenvalue weighted by molar-refractivity contribution is 0.392. The maximum Gasteiger partial charge on any atom is 0.221 e. The van der Waals surface area contributed by atoms with E-state index in [4.69, 9.17) is 10.5 Å². The van der Waals surface area contributed by atoms with Crippen LogP contribution in [0.3, 0.4) is 0 Å². The highest BCUT2D eigenvalue weighted by molar-refractivity contribution is 5.39. The Morgan fingerprint density at radius 1 is 1.40 bits per heavy atom. The number of methoxy groups -OCH3 is 1. The van der Waals surface area contributed by atoms with Crippen molar-refractivity contribution in [3.63, 3.8) is 0 Å². The number of nitrogens with two attached hydrogens (primary N) is 1. The minimum Gasteiger partial charge on any atom is -0.481 e. The molecule has 0 aliphatic heterocycles. The Kier molecular flexibility index (Phi) is 2.24. The zero-order valence-electron chi connectivity index (χ0n) is 8.51. The van der Waals surface area contributed by atoms with Gasteiger partial charge in [0.25, 0.3) is 0 Å². The van der Waals surface area contributed by atoms with Crippen LogP contribution in [0.25, 0.3) is 5.82 Å². The van der Waals surface area contributed by atoms with Crippen molar-refractivity contribution in [2.45, 2.75) is 6.92 Å². The summed E-state index contributed by atoms with van der Waals surface area (Å²) < 4.78 is 6.68. The van der Waals surface area contributed by atoms with E-state index in [1.165, 1.54) is 6.33 Å².